The summed E-state index contributed by atoms with van der Waals surface area (Å²) in [5.74, 6) is 2.11. The minimum Gasteiger partial charge on any atom is -0.326 e. The molecule has 0 radical (unpaired) electrons. The Morgan fingerprint density at radius 1 is 1.21 bits per heavy atom. The van der Waals surface area contributed by atoms with Crippen molar-refractivity contribution in [1.29, 1.82) is 0 Å². The largest absolute Gasteiger partial charge is 0.326 e. The third-order valence-corrected chi connectivity index (χ3v) is 7.12. The van der Waals surface area contributed by atoms with Crippen LogP contribution in [0.2, 0.25) is 0 Å². The van der Waals surface area contributed by atoms with Crippen LogP contribution in [0.5, 0.6) is 0 Å². The van der Waals surface area contributed by atoms with E-state index < -0.39 is 0 Å². The van der Waals surface area contributed by atoms with E-state index in [9.17, 15) is 0 Å². The number of hydrogen-bond acceptors (Lipinski definition) is 2. The summed E-state index contributed by atoms with van der Waals surface area (Å²) in [6, 6.07) is 8.74. The first kappa shape index (κ1) is 27.9. The van der Waals surface area contributed by atoms with Crippen molar-refractivity contribution in [2.45, 2.75) is 52.6 Å². The first-order valence-corrected chi connectivity index (χ1v) is 13.8. The van der Waals surface area contributed by atoms with Crippen molar-refractivity contribution in [2.75, 3.05) is 21.1 Å². The van der Waals surface area contributed by atoms with Crippen LogP contribution >= 0.6 is 0 Å². The fourth-order valence-electron chi connectivity index (χ4n) is 4.31. The van der Waals surface area contributed by atoms with E-state index in [2.05, 4.69) is 126 Å². The summed E-state index contributed by atoms with van der Waals surface area (Å²) < 4.78 is 8.29. The predicted molar refractivity (Wildman–Crippen MR) is 153 cm³/mol. The Kier molecular flexibility index (Phi) is 8.62. The Bertz CT molecular complexity index is 1490. The monoisotopic (exact) mass is 548 g/mol. The van der Waals surface area contributed by atoms with Gasteiger partial charge in [-0.05, 0) is 23.6 Å². The molecular formula is C31H40CrN6. The molecule has 4 aromatic rings. The van der Waals surface area contributed by atoms with Crippen LogP contribution < -0.4 is 0 Å². The van der Waals surface area contributed by atoms with Gasteiger partial charge in [0, 0.05) is 6.20 Å². The van der Waals surface area contributed by atoms with Crippen LogP contribution in [0.1, 0.15) is 61.9 Å². The van der Waals surface area contributed by atoms with Gasteiger partial charge in [-0.2, -0.15) is 0 Å². The van der Waals surface area contributed by atoms with Crippen molar-refractivity contribution in [2.24, 2.45) is 0 Å². The summed E-state index contributed by atoms with van der Waals surface area (Å²) in [5, 5.41) is 4.33. The van der Waals surface area contributed by atoms with Gasteiger partial charge in [0.1, 0.15) is 12.2 Å². The minimum atomic E-state index is 0.562. The van der Waals surface area contributed by atoms with Crippen molar-refractivity contribution in [3.8, 4) is 0 Å². The number of rotatable bonds is 8. The van der Waals surface area contributed by atoms with Gasteiger partial charge in [0.2, 0.25) is 0 Å². The second-order valence-electron chi connectivity index (χ2n) is 11.4. The molecule has 4 aromatic heterocycles. The Labute approximate surface area is 235 Å². The molecule has 0 aliphatic heterocycles. The van der Waals surface area contributed by atoms with E-state index in [0.717, 1.165) is 23.1 Å². The molecule has 0 atom stereocenters. The molecule has 4 heterocycles. The zero-order valence-electron chi connectivity index (χ0n) is 23.6. The molecule has 0 spiro atoms. The molecule has 1 aliphatic carbocycles. The standard InChI is InChI=1S/C17H18N3.C14H22N3.Cr/c1-3-15-9-18-20(12-15)11-14(2)10-19-8-4-5-17(13-19)16-6-7-16;1-11(2)12-6-7-16-10-15-13(14(16)8-12)9-17(3,4)5;/h3-5,8-10,12H,1,6-7,11H2,2H3;6-8,10-11H,9H2,1-5H3;/q-1;+1;/b14-10+;;. The van der Waals surface area contributed by atoms with Gasteiger partial charge in [0.15, 0.2) is 0 Å². The number of allylic oxidation sites excluding steroid dienone is 1. The van der Waals surface area contributed by atoms with Crippen molar-refractivity contribution in [3.05, 3.63) is 100.0 Å². The Morgan fingerprint density at radius 2 is 1.97 bits per heavy atom. The van der Waals surface area contributed by atoms with Gasteiger partial charge in [-0.1, -0.05) is 13.8 Å². The summed E-state index contributed by atoms with van der Waals surface area (Å²) >= 11 is 3.20. The van der Waals surface area contributed by atoms with Crippen LogP contribution in [-0.2, 0) is 28.9 Å². The van der Waals surface area contributed by atoms with Gasteiger partial charge >= 0.3 is 133 Å². The number of imidazole rings is 1. The van der Waals surface area contributed by atoms with Gasteiger partial charge in [-0.3, -0.25) is 0 Å². The van der Waals surface area contributed by atoms with Crippen LogP contribution in [0.15, 0.2) is 67.5 Å². The van der Waals surface area contributed by atoms with Crippen molar-refractivity contribution >= 4 is 17.8 Å². The molecule has 0 N–H and O–H groups in total. The van der Waals surface area contributed by atoms with Gasteiger partial charge in [0.25, 0.3) is 0 Å². The maximum absolute atomic E-state index is 4.53. The van der Waals surface area contributed by atoms with Crippen molar-refractivity contribution in [3.63, 3.8) is 0 Å². The molecule has 6 nitrogen and oxygen atoms in total. The molecule has 0 saturated heterocycles. The third-order valence-electron chi connectivity index (χ3n) is 6.45. The molecule has 0 bridgehead atoms. The van der Waals surface area contributed by atoms with E-state index in [-0.39, 0.29) is 0 Å². The quantitative estimate of drug-likeness (QED) is 0.190. The summed E-state index contributed by atoms with van der Waals surface area (Å²) in [6.45, 7) is 12.1. The summed E-state index contributed by atoms with van der Waals surface area (Å²) in [6.07, 6.45) is 16.4. The maximum atomic E-state index is 4.53. The van der Waals surface area contributed by atoms with Crippen LogP contribution in [0.25, 0.3) is 17.8 Å². The molecule has 0 aromatic carbocycles. The van der Waals surface area contributed by atoms with Crippen molar-refractivity contribution < 1.29 is 20.3 Å². The maximum Gasteiger partial charge on any atom is 0.123 e. The van der Waals surface area contributed by atoms with E-state index >= 15 is 0 Å². The van der Waals surface area contributed by atoms with E-state index in [4.69, 9.17) is 0 Å². The van der Waals surface area contributed by atoms with Crippen molar-refractivity contribution in [1.82, 2.24) is 23.7 Å². The summed E-state index contributed by atoms with van der Waals surface area (Å²) in [5.41, 5.74) is 7.44. The second-order valence-corrected chi connectivity index (χ2v) is 12.0. The topological polar surface area (TPSA) is 40.0 Å². The first-order valence-electron chi connectivity index (χ1n) is 13.2. The van der Waals surface area contributed by atoms with Crippen LogP contribution in [0, 0.1) is 10.1 Å². The normalized spacial score (nSPS) is 13.6. The molecule has 0 amide bonds. The number of aromatic nitrogens is 5. The average Bonchev–Trinajstić information content (AvgIpc) is 3.48. The number of quaternary nitrogens is 1. The Balaban J connectivity index is 0.000000181. The molecule has 1 fully saturated rings. The van der Waals surface area contributed by atoms with E-state index in [1.165, 1.54) is 44.9 Å². The molecule has 1 saturated carbocycles. The molecule has 5 rings (SSSR count). The summed E-state index contributed by atoms with van der Waals surface area (Å²) in [4.78, 5) is 4.53. The summed E-state index contributed by atoms with van der Waals surface area (Å²) in [7, 11) is 6.58. The van der Waals surface area contributed by atoms with Crippen LogP contribution in [0.3, 0.4) is 0 Å². The number of hydrogen-bond donors (Lipinski definition) is 0. The van der Waals surface area contributed by atoms with Gasteiger partial charge < -0.3 is 8.88 Å². The Hall–Kier alpha value is -3.11. The van der Waals surface area contributed by atoms with E-state index in [1.807, 2.05) is 29.5 Å². The van der Waals surface area contributed by atoms with Gasteiger partial charge in [0.05, 0.1) is 33.0 Å². The number of pyridine rings is 2. The number of nitrogens with zero attached hydrogens (tertiary/aromatic N) is 6. The molecule has 200 valence electrons. The van der Waals surface area contributed by atoms with E-state index in [1.54, 1.807) is 5.92 Å². The Morgan fingerprint density at radius 3 is 2.61 bits per heavy atom. The average molecular weight is 549 g/mol. The van der Waals surface area contributed by atoms with Gasteiger partial charge in [-0.15, -0.1) is 0 Å². The molecule has 0 unspecified atom stereocenters. The van der Waals surface area contributed by atoms with E-state index in [0.29, 0.717) is 5.92 Å². The zero-order valence-corrected chi connectivity index (χ0v) is 24.8. The van der Waals surface area contributed by atoms with Gasteiger partial charge in [-0.25, -0.2) is 4.98 Å². The van der Waals surface area contributed by atoms with Crippen LogP contribution in [0.4, 0.5) is 0 Å². The molecule has 38 heavy (non-hydrogen) atoms. The predicted octanol–water partition coefficient (Wildman–Crippen LogP) is 6.35. The minimum absolute atomic E-state index is 0.562. The van der Waals surface area contributed by atoms with Crippen LogP contribution in [-0.4, -0.2) is 49.4 Å². The third kappa shape index (κ3) is 7.26. The molecule has 1 aliphatic rings. The SMILES string of the molecule is C=Cc1cnn(C/C(C)=C/n2cccc([C-]3CC3)[c]2=[Cr])c1.CC(C)c1ccn2cnc(C[N+](C)(C)C)c2c1. The number of fused-ring (bicyclic) bond motifs is 1. The molecule has 7 heteroatoms. The molecular weight excluding hydrogens is 508 g/mol. The fourth-order valence-corrected chi connectivity index (χ4v) is 4.82. The smallest absolute Gasteiger partial charge is 0.123 e. The zero-order chi connectivity index (χ0) is 27.4. The second kappa shape index (κ2) is 11.7. The fraction of sp³-hybridized carbons (Fsp3) is 0.355. The first-order chi connectivity index (χ1) is 18.0.